The zero-order chi connectivity index (χ0) is 18.1. The lowest BCUT2D eigenvalue weighted by Gasteiger charge is -2.20. The predicted molar refractivity (Wildman–Crippen MR) is 100 cm³/mol. The van der Waals surface area contributed by atoms with Gasteiger partial charge in [-0.1, -0.05) is 24.3 Å². The Morgan fingerprint density at radius 2 is 1.88 bits per heavy atom. The van der Waals surface area contributed by atoms with Crippen LogP contribution in [0.15, 0.2) is 54.6 Å². The van der Waals surface area contributed by atoms with Crippen molar-refractivity contribution >= 4 is 22.4 Å². The van der Waals surface area contributed by atoms with Gasteiger partial charge in [0.2, 0.25) is 0 Å². The van der Waals surface area contributed by atoms with Gasteiger partial charge in [-0.15, -0.1) is 0 Å². The van der Waals surface area contributed by atoms with Crippen LogP contribution in [0.2, 0.25) is 0 Å². The van der Waals surface area contributed by atoms with E-state index in [1.807, 2.05) is 53.7 Å². The quantitative estimate of drug-likeness (QED) is 0.548. The monoisotopic (exact) mass is 350 g/mol. The number of nitrogens with zero attached hydrogens (tertiary/aromatic N) is 4. The molecule has 5 nitrogen and oxygen atoms in total. The molecule has 0 atom stereocenters. The Balaban J connectivity index is 1.61. The number of anilines is 1. The number of aryl methyl sites for hydroxylation is 1. The van der Waals surface area contributed by atoms with Gasteiger partial charge in [0.15, 0.2) is 17.2 Å². The van der Waals surface area contributed by atoms with Crippen molar-refractivity contribution in [2.24, 2.45) is 0 Å². The summed E-state index contributed by atoms with van der Waals surface area (Å²) >= 11 is 0. The van der Waals surface area contributed by atoms with E-state index in [0.717, 1.165) is 28.1 Å². The SMILES string of the molecule is Cc1cc2nc(N(C)CCOc3ccccc3F)c3ccccc3n2n1. The van der Waals surface area contributed by atoms with E-state index in [9.17, 15) is 4.39 Å². The molecule has 0 N–H and O–H groups in total. The number of ether oxygens (including phenoxy) is 1. The lowest BCUT2D eigenvalue weighted by Crippen LogP contribution is -2.25. The third-order valence-corrected chi connectivity index (χ3v) is 4.29. The van der Waals surface area contributed by atoms with Crippen molar-refractivity contribution < 1.29 is 9.13 Å². The van der Waals surface area contributed by atoms with Gasteiger partial charge in [-0.25, -0.2) is 13.9 Å². The second-order valence-electron chi connectivity index (χ2n) is 6.21. The van der Waals surface area contributed by atoms with Gasteiger partial charge in [-0.05, 0) is 31.2 Å². The second-order valence-corrected chi connectivity index (χ2v) is 6.21. The fourth-order valence-corrected chi connectivity index (χ4v) is 3.01. The molecule has 2 aromatic carbocycles. The molecule has 0 radical (unpaired) electrons. The third-order valence-electron chi connectivity index (χ3n) is 4.29. The first-order chi connectivity index (χ1) is 12.6. The van der Waals surface area contributed by atoms with Gasteiger partial charge < -0.3 is 9.64 Å². The van der Waals surface area contributed by atoms with Crippen LogP contribution in [0.1, 0.15) is 5.69 Å². The summed E-state index contributed by atoms with van der Waals surface area (Å²) in [6, 6.07) is 16.4. The molecule has 0 aliphatic rings. The van der Waals surface area contributed by atoms with Gasteiger partial charge in [0.05, 0.1) is 17.8 Å². The van der Waals surface area contributed by atoms with Crippen molar-refractivity contribution in [1.82, 2.24) is 14.6 Å². The Labute approximate surface area is 150 Å². The van der Waals surface area contributed by atoms with Gasteiger partial charge in [-0.2, -0.15) is 5.10 Å². The van der Waals surface area contributed by atoms with Crippen molar-refractivity contribution in [2.45, 2.75) is 6.92 Å². The molecule has 0 fully saturated rings. The van der Waals surface area contributed by atoms with E-state index < -0.39 is 0 Å². The van der Waals surface area contributed by atoms with Gasteiger partial charge in [0.25, 0.3) is 0 Å². The molecule has 0 unspecified atom stereocenters. The molecular formula is C20H19FN4O. The summed E-state index contributed by atoms with van der Waals surface area (Å²) < 4.78 is 21.1. The summed E-state index contributed by atoms with van der Waals surface area (Å²) in [5.41, 5.74) is 2.73. The molecule has 26 heavy (non-hydrogen) atoms. The predicted octanol–water partition coefficient (Wildman–Crippen LogP) is 3.85. The van der Waals surface area contributed by atoms with E-state index in [1.165, 1.54) is 6.07 Å². The average Bonchev–Trinajstić information content (AvgIpc) is 3.03. The van der Waals surface area contributed by atoms with E-state index in [4.69, 9.17) is 9.72 Å². The highest BCUT2D eigenvalue weighted by Crippen LogP contribution is 2.25. The highest BCUT2D eigenvalue weighted by Gasteiger charge is 2.13. The fourth-order valence-electron chi connectivity index (χ4n) is 3.01. The maximum Gasteiger partial charge on any atom is 0.165 e. The molecule has 132 valence electrons. The van der Waals surface area contributed by atoms with E-state index >= 15 is 0 Å². The highest BCUT2D eigenvalue weighted by molar-refractivity contribution is 5.91. The van der Waals surface area contributed by atoms with Crippen LogP contribution >= 0.6 is 0 Å². The number of fused-ring (bicyclic) bond motifs is 3. The molecule has 4 aromatic rings. The molecular weight excluding hydrogens is 331 g/mol. The van der Waals surface area contributed by atoms with E-state index in [1.54, 1.807) is 18.2 Å². The summed E-state index contributed by atoms with van der Waals surface area (Å²) in [6.45, 7) is 2.89. The first-order valence-corrected chi connectivity index (χ1v) is 8.47. The number of likely N-dealkylation sites (N-methyl/N-ethyl adjacent to an activating group) is 1. The Hall–Kier alpha value is -3.15. The largest absolute Gasteiger partial charge is 0.489 e. The topological polar surface area (TPSA) is 42.7 Å². The van der Waals surface area contributed by atoms with Crippen molar-refractivity contribution in [3.63, 3.8) is 0 Å². The van der Waals surface area contributed by atoms with Crippen molar-refractivity contribution in [3.8, 4) is 5.75 Å². The summed E-state index contributed by atoms with van der Waals surface area (Å²) in [7, 11) is 1.96. The minimum atomic E-state index is -0.352. The van der Waals surface area contributed by atoms with Gasteiger partial charge in [-0.3, -0.25) is 0 Å². The first kappa shape index (κ1) is 16.3. The van der Waals surface area contributed by atoms with E-state index in [-0.39, 0.29) is 11.6 Å². The molecule has 0 aliphatic heterocycles. The lowest BCUT2D eigenvalue weighted by atomic mass is 10.2. The van der Waals surface area contributed by atoms with Crippen LogP contribution in [-0.2, 0) is 0 Å². The number of rotatable bonds is 5. The summed E-state index contributed by atoms with van der Waals surface area (Å²) in [6.07, 6.45) is 0. The Kier molecular flexibility index (Phi) is 4.16. The highest BCUT2D eigenvalue weighted by atomic mass is 19.1. The average molecular weight is 350 g/mol. The second kappa shape index (κ2) is 6.63. The van der Waals surface area contributed by atoms with Crippen LogP contribution in [0.4, 0.5) is 10.2 Å². The normalized spacial score (nSPS) is 11.2. The maximum atomic E-state index is 13.7. The van der Waals surface area contributed by atoms with Crippen LogP contribution in [0.3, 0.4) is 0 Å². The van der Waals surface area contributed by atoms with Crippen LogP contribution < -0.4 is 9.64 Å². The molecule has 2 aromatic heterocycles. The Morgan fingerprint density at radius 1 is 1.12 bits per heavy atom. The van der Waals surface area contributed by atoms with Gasteiger partial charge in [0, 0.05) is 18.5 Å². The molecule has 0 spiro atoms. The fraction of sp³-hybridized carbons (Fsp3) is 0.200. The molecule has 0 saturated carbocycles. The van der Waals surface area contributed by atoms with Crippen LogP contribution in [0.25, 0.3) is 16.6 Å². The zero-order valence-corrected chi connectivity index (χ0v) is 14.7. The number of hydrogen-bond acceptors (Lipinski definition) is 4. The summed E-state index contributed by atoms with van der Waals surface area (Å²) in [5, 5.41) is 5.53. The van der Waals surface area contributed by atoms with Crippen LogP contribution in [0, 0.1) is 12.7 Å². The first-order valence-electron chi connectivity index (χ1n) is 8.47. The van der Waals surface area contributed by atoms with Crippen LogP contribution in [-0.4, -0.2) is 34.8 Å². The summed E-state index contributed by atoms with van der Waals surface area (Å²) in [4.78, 5) is 6.78. The maximum absolute atomic E-state index is 13.7. The molecule has 0 aliphatic carbocycles. The van der Waals surface area contributed by atoms with Crippen LogP contribution in [0.5, 0.6) is 5.75 Å². The number of hydrogen-bond donors (Lipinski definition) is 0. The number of aromatic nitrogens is 3. The third kappa shape index (κ3) is 2.94. The minimum Gasteiger partial charge on any atom is -0.489 e. The molecule has 4 rings (SSSR count). The Bertz CT molecular complexity index is 1080. The smallest absolute Gasteiger partial charge is 0.165 e. The number of para-hydroxylation sites is 2. The molecule has 6 heteroatoms. The van der Waals surface area contributed by atoms with E-state index in [2.05, 4.69) is 5.10 Å². The minimum absolute atomic E-state index is 0.264. The van der Waals surface area contributed by atoms with Gasteiger partial charge in [0.1, 0.15) is 12.4 Å². The molecule has 2 heterocycles. The number of benzene rings is 2. The molecule has 0 bridgehead atoms. The Morgan fingerprint density at radius 3 is 2.73 bits per heavy atom. The molecule has 0 saturated heterocycles. The van der Waals surface area contributed by atoms with E-state index in [0.29, 0.717) is 13.2 Å². The van der Waals surface area contributed by atoms with Crippen molar-refractivity contribution in [2.75, 3.05) is 25.1 Å². The van der Waals surface area contributed by atoms with Gasteiger partial charge >= 0.3 is 0 Å². The standard InChI is InChI=1S/C20H19FN4O/c1-14-13-19-22-20(15-7-3-5-9-17(15)25(19)23-14)24(2)11-12-26-18-10-6-4-8-16(18)21/h3-10,13H,11-12H2,1-2H3. The van der Waals surface area contributed by atoms with Crippen molar-refractivity contribution in [1.29, 1.82) is 0 Å². The molecule has 0 amide bonds. The zero-order valence-electron chi connectivity index (χ0n) is 14.7. The van der Waals surface area contributed by atoms with Crippen molar-refractivity contribution in [3.05, 3.63) is 66.1 Å². The summed E-state index contributed by atoms with van der Waals surface area (Å²) in [5.74, 6) is 0.764. The number of halogens is 1. The lowest BCUT2D eigenvalue weighted by molar-refractivity contribution is 0.309.